The van der Waals surface area contributed by atoms with E-state index in [-0.39, 0.29) is 30.1 Å². The number of hydrogen-bond acceptors (Lipinski definition) is 5. The largest absolute Gasteiger partial charge is 0.484 e. The highest BCUT2D eigenvalue weighted by atomic mass is 16.5. The quantitative estimate of drug-likeness (QED) is 0.752. The predicted molar refractivity (Wildman–Crippen MR) is 120 cm³/mol. The van der Waals surface area contributed by atoms with E-state index in [1.165, 1.54) is 5.56 Å². The molecule has 1 amide bonds. The molecule has 1 aliphatic carbocycles. The number of piperidine rings is 1. The van der Waals surface area contributed by atoms with E-state index in [1.54, 1.807) is 0 Å². The van der Waals surface area contributed by atoms with Crippen LogP contribution in [0.1, 0.15) is 50.5 Å². The molecule has 0 bridgehead atoms. The van der Waals surface area contributed by atoms with E-state index in [9.17, 15) is 9.90 Å². The van der Waals surface area contributed by atoms with Gasteiger partial charge in [0.05, 0.1) is 18.8 Å². The van der Waals surface area contributed by atoms with Gasteiger partial charge in [-0.3, -0.25) is 4.79 Å². The molecule has 2 saturated heterocycles. The van der Waals surface area contributed by atoms with Gasteiger partial charge in [-0.05, 0) is 76.5 Å². The van der Waals surface area contributed by atoms with Crippen LogP contribution in [-0.2, 0) is 9.53 Å². The van der Waals surface area contributed by atoms with Gasteiger partial charge in [-0.15, -0.1) is 0 Å². The molecule has 2 aliphatic heterocycles. The molecule has 4 rings (SSSR count). The Labute approximate surface area is 186 Å². The van der Waals surface area contributed by atoms with Gasteiger partial charge in [0.1, 0.15) is 5.75 Å². The van der Waals surface area contributed by atoms with Crippen molar-refractivity contribution >= 4 is 5.91 Å². The predicted octanol–water partition coefficient (Wildman–Crippen LogP) is 3.01. The van der Waals surface area contributed by atoms with Crippen LogP contribution in [0.4, 0.5) is 0 Å². The molecule has 0 aromatic heterocycles. The van der Waals surface area contributed by atoms with Crippen LogP contribution >= 0.6 is 0 Å². The third-order valence-corrected chi connectivity index (χ3v) is 7.63. The first kappa shape index (κ1) is 22.6. The molecule has 31 heavy (non-hydrogen) atoms. The van der Waals surface area contributed by atoms with E-state index < -0.39 is 0 Å². The van der Waals surface area contributed by atoms with Crippen molar-refractivity contribution in [2.24, 2.45) is 5.41 Å². The number of aliphatic hydroxyl groups is 1. The minimum atomic E-state index is -0.106. The first-order valence-corrected chi connectivity index (χ1v) is 11.9. The lowest BCUT2D eigenvalue weighted by Crippen LogP contribution is -2.45. The zero-order chi connectivity index (χ0) is 21.8. The number of likely N-dealkylation sites (N-methyl/N-ethyl adjacent to an activating group) is 1. The van der Waals surface area contributed by atoms with Gasteiger partial charge in [0.15, 0.2) is 6.61 Å². The van der Waals surface area contributed by atoms with Gasteiger partial charge in [-0.2, -0.15) is 0 Å². The highest BCUT2D eigenvalue weighted by Gasteiger charge is 2.43. The summed E-state index contributed by atoms with van der Waals surface area (Å²) in [5.74, 6) is 0.821. The molecule has 1 saturated carbocycles. The van der Waals surface area contributed by atoms with E-state index in [0.717, 1.165) is 76.9 Å². The van der Waals surface area contributed by atoms with Gasteiger partial charge in [0, 0.05) is 25.7 Å². The number of rotatable bonds is 6. The first-order chi connectivity index (χ1) is 14.9. The molecule has 1 aromatic rings. The molecule has 3 fully saturated rings. The molecule has 0 radical (unpaired) electrons. The summed E-state index contributed by atoms with van der Waals surface area (Å²) in [6, 6.07) is 8.38. The van der Waals surface area contributed by atoms with Crippen LogP contribution in [0, 0.1) is 12.3 Å². The number of aliphatic hydroxyl groups excluding tert-OH is 1. The number of hydrogen-bond donors (Lipinski definition) is 1. The Hall–Kier alpha value is -1.63. The maximum atomic E-state index is 12.6. The van der Waals surface area contributed by atoms with Crippen molar-refractivity contribution in [2.45, 2.75) is 70.1 Å². The van der Waals surface area contributed by atoms with Gasteiger partial charge in [-0.25, -0.2) is 0 Å². The number of amides is 1. The van der Waals surface area contributed by atoms with Gasteiger partial charge in [-0.1, -0.05) is 17.7 Å². The highest BCUT2D eigenvalue weighted by Crippen LogP contribution is 2.42. The molecule has 6 nitrogen and oxygen atoms in total. The third kappa shape index (κ3) is 5.79. The molecule has 1 aromatic carbocycles. The standard InChI is InChI=1S/C25H38N2O4/c1-19-3-9-22(10-4-19)30-17-24(29)27-13-11-25(12-14-27)15-23(31-18-25)16-26(2)20-5-7-21(28)8-6-20/h3-4,9-10,20-21,23,28H,5-8,11-18H2,1-2H3/t20?,21?,23-/m0/s1. The monoisotopic (exact) mass is 430 g/mol. The molecular formula is C25H38N2O4. The summed E-state index contributed by atoms with van der Waals surface area (Å²) in [5, 5.41) is 9.74. The van der Waals surface area contributed by atoms with Crippen molar-refractivity contribution in [3.63, 3.8) is 0 Å². The average molecular weight is 431 g/mol. The molecule has 1 spiro atoms. The third-order valence-electron chi connectivity index (χ3n) is 7.63. The number of carbonyl (C=O) groups excluding carboxylic acids is 1. The number of benzene rings is 1. The smallest absolute Gasteiger partial charge is 0.260 e. The van der Waals surface area contributed by atoms with Crippen molar-refractivity contribution in [1.29, 1.82) is 0 Å². The first-order valence-electron chi connectivity index (χ1n) is 11.9. The topological polar surface area (TPSA) is 62.2 Å². The number of ether oxygens (including phenoxy) is 2. The average Bonchev–Trinajstić information content (AvgIpc) is 3.16. The van der Waals surface area contributed by atoms with Crippen LogP contribution in [0.5, 0.6) is 5.75 Å². The lowest BCUT2D eigenvalue weighted by molar-refractivity contribution is -0.135. The Morgan fingerprint density at radius 1 is 1.19 bits per heavy atom. The molecular weight excluding hydrogens is 392 g/mol. The van der Waals surface area contributed by atoms with Crippen LogP contribution in [0.25, 0.3) is 0 Å². The molecule has 172 valence electrons. The normalized spacial score (nSPS) is 28.3. The summed E-state index contributed by atoms with van der Waals surface area (Å²) in [7, 11) is 2.20. The summed E-state index contributed by atoms with van der Waals surface area (Å²) < 4.78 is 11.9. The van der Waals surface area contributed by atoms with E-state index in [4.69, 9.17) is 9.47 Å². The Morgan fingerprint density at radius 3 is 2.55 bits per heavy atom. The summed E-state index contributed by atoms with van der Waals surface area (Å²) in [6.45, 7) is 5.52. The Kier molecular flexibility index (Phi) is 7.19. The zero-order valence-electron chi connectivity index (χ0n) is 19.1. The van der Waals surface area contributed by atoms with E-state index >= 15 is 0 Å². The van der Waals surface area contributed by atoms with Crippen molar-refractivity contribution in [3.05, 3.63) is 29.8 Å². The van der Waals surface area contributed by atoms with Gasteiger partial charge in [0.25, 0.3) is 5.91 Å². The molecule has 2 heterocycles. The van der Waals surface area contributed by atoms with E-state index in [1.807, 2.05) is 36.1 Å². The number of likely N-dealkylation sites (tertiary alicyclic amines) is 1. The van der Waals surface area contributed by atoms with Crippen LogP contribution in [0.3, 0.4) is 0 Å². The van der Waals surface area contributed by atoms with E-state index in [2.05, 4.69) is 11.9 Å². The summed E-state index contributed by atoms with van der Waals surface area (Å²) in [4.78, 5) is 17.0. The maximum absolute atomic E-state index is 12.6. The minimum Gasteiger partial charge on any atom is -0.484 e. The summed E-state index contributed by atoms with van der Waals surface area (Å²) in [5.41, 5.74) is 1.41. The minimum absolute atomic E-state index is 0.0742. The fourth-order valence-electron chi connectivity index (χ4n) is 5.43. The maximum Gasteiger partial charge on any atom is 0.260 e. The fourth-order valence-corrected chi connectivity index (χ4v) is 5.43. The van der Waals surface area contributed by atoms with E-state index in [0.29, 0.717) is 6.04 Å². The highest BCUT2D eigenvalue weighted by molar-refractivity contribution is 5.77. The molecule has 1 N–H and O–H groups in total. The van der Waals surface area contributed by atoms with Crippen molar-refractivity contribution in [1.82, 2.24) is 9.80 Å². The molecule has 0 unspecified atom stereocenters. The van der Waals surface area contributed by atoms with Gasteiger partial charge < -0.3 is 24.4 Å². The molecule has 6 heteroatoms. The summed E-state index contributed by atoms with van der Waals surface area (Å²) in [6.07, 6.45) is 7.29. The van der Waals surface area contributed by atoms with Crippen LogP contribution in [0.15, 0.2) is 24.3 Å². The zero-order valence-corrected chi connectivity index (χ0v) is 19.1. The second-order valence-electron chi connectivity index (χ2n) is 10.0. The van der Waals surface area contributed by atoms with Crippen LogP contribution < -0.4 is 4.74 Å². The number of carbonyl (C=O) groups is 1. The van der Waals surface area contributed by atoms with Gasteiger partial charge >= 0.3 is 0 Å². The molecule has 1 atom stereocenters. The number of aryl methyl sites for hydroxylation is 1. The summed E-state index contributed by atoms with van der Waals surface area (Å²) >= 11 is 0. The SMILES string of the molecule is Cc1ccc(OCC(=O)N2CCC3(CC2)CO[C@H](CN(C)C2CCC(O)CC2)C3)cc1. The second-order valence-corrected chi connectivity index (χ2v) is 10.0. The lowest BCUT2D eigenvalue weighted by Gasteiger charge is -2.38. The lowest BCUT2D eigenvalue weighted by atomic mass is 9.76. The Balaban J connectivity index is 1.19. The number of nitrogens with zero attached hydrogens (tertiary/aromatic N) is 2. The van der Waals surface area contributed by atoms with Crippen LogP contribution in [0.2, 0.25) is 0 Å². The van der Waals surface area contributed by atoms with Crippen molar-refractivity contribution < 1.29 is 19.4 Å². The Morgan fingerprint density at radius 2 is 1.87 bits per heavy atom. The second kappa shape index (κ2) is 9.88. The Bertz CT molecular complexity index is 722. The fraction of sp³-hybridized carbons (Fsp3) is 0.720. The van der Waals surface area contributed by atoms with Crippen LogP contribution in [-0.4, -0.2) is 79.0 Å². The van der Waals surface area contributed by atoms with Crippen molar-refractivity contribution in [2.75, 3.05) is 39.9 Å². The molecule has 3 aliphatic rings. The van der Waals surface area contributed by atoms with Gasteiger partial charge in [0.2, 0.25) is 0 Å². The van der Waals surface area contributed by atoms with Crippen molar-refractivity contribution in [3.8, 4) is 5.75 Å².